The minimum atomic E-state index is -0.0770. The van der Waals surface area contributed by atoms with Crippen LogP contribution in [0.3, 0.4) is 0 Å². The largest absolute Gasteiger partial charge is 0.345 e. The van der Waals surface area contributed by atoms with E-state index in [1.807, 2.05) is 30.5 Å². The summed E-state index contributed by atoms with van der Waals surface area (Å²) in [5, 5.41) is 0. The molecule has 0 atom stereocenters. The molecule has 3 aliphatic carbocycles. The maximum absolute atomic E-state index is 13.0. The lowest BCUT2D eigenvalue weighted by Crippen LogP contribution is -2.32. The fraction of sp³-hybridized carbons (Fsp3) is 0.429. The van der Waals surface area contributed by atoms with E-state index < -0.39 is 0 Å². The standard InChI is InChI=1S/C21H24N2O/c24-20(21-11-3-4-16(9-12-21)10-13-21)8-7-17-5-1-2-6-18(17)19-14-22-15-23-19/h1-2,5-8,14-16H,3-4,9-13H2,(H,22,23)/b8-7+. The summed E-state index contributed by atoms with van der Waals surface area (Å²) in [6.07, 6.45) is 15.6. The molecule has 0 amide bonds. The molecule has 3 aliphatic rings. The lowest BCUT2D eigenvalue weighted by molar-refractivity contribution is -0.125. The lowest BCUT2D eigenvalue weighted by Gasteiger charge is -2.34. The summed E-state index contributed by atoms with van der Waals surface area (Å²) in [6, 6.07) is 8.15. The van der Waals surface area contributed by atoms with Crippen LogP contribution in [0.4, 0.5) is 0 Å². The molecule has 1 aromatic heterocycles. The Labute approximate surface area is 143 Å². The minimum Gasteiger partial charge on any atom is -0.345 e. The van der Waals surface area contributed by atoms with Crippen molar-refractivity contribution in [3.63, 3.8) is 0 Å². The first-order valence-corrected chi connectivity index (χ1v) is 9.07. The van der Waals surface area contributed by atoms with Crippen molar-refractivity contribution in [3.05, 3.63) is 48.4 Å². The molecular weight excluding hydrogens is 296 g/mol. The average Bonchev–Trinajstić information content (AvgIpc) is 2.98. The number of allylic oxidation sites excluding steroid dienone is 1. The Kier molecular flexibility index (Phi) is 4.09. The van der Waals surface area contributed by atoms with Crippen LogP contribution in [0.25, 0.3) is 17.3 Å². The van der Waals surface area contributed by atoms with Gasteiger partial charge in [-0.15, -0.1) is 0 Å². The molecule has 0 radical (unpaired) electrons. The third kappa shape index (κ3) is 2.83. The number of nitrogens with one attached hydrogen (secondary N) is 1. The van der Waals surface area contributed by atoms with Crippen LogP contribution in [-0.2, 0) is 4.79 Å². The Hall–Kier alpha value is -2.16. The van der Waals surface area contributed by atoms with Crippen molar-refractivity contribution in [3.8, 4) is 11.3 Å². The van der Waals surface area contributed by atoms with Crippen LogP contribution >= 0.6 is 0 Å². The predicted molar refractivity (Wildman–Crippen MR) is 96.3 cm³/mol. The second kappa shape index (κ2) is 6.39. The SMILES string of the molecule is O=C(/C=C/c1ccccc1-c1cnc[nH]1)C12CCCC(CC1)CC2. The van der Waals surface area contributed by atoms with E-state index in [1.54, 1.807) is 6.33 Å². The van der Waals surface area contributed by atoms with Crippen molar-refractivity contribution >= 4 is 11.9 Å². The zero-order valence-corrected chi connectivity index (χ0v) is 14.0. The number of carbonyl (C=O) groups excluding carboxylic acids is 1. The quantitative estimate of drug-likeness (QED) is 0.804. The highest BCUT2D eigenvalue weighted by Crippen LogP contribution is 2.48. The number of ketones is 1. The van der Waals surface area contributed by atoms with Gasteiger partial charge in [-0.2, -0.15) is 0 Å². The normalized spacial score (nSPS) is 26.6. The van der Waals surface area contributed by atoms with Crippen molar-refractivity contribution < 1.29 is 4.79 Å². The Bertz CT molecular complexity index is 731. The van der Waals surface area contributed by atoms with Crippen molar-refractivity contribution in [1.29, 1.82) is 0 Å². The summed E-state index contributed by atoms with van der Waals surface area (Å²) in [6.45, 7) is 0. The molecule has 0 saturated heterocycles. The molecular formula is C21H24N2O. The van der Waals surface area contributed by atoms with Crippen molar-refractivity contribution in [2.45, 2.75) is 44.9 Å². The van der Waals surface area contributed by atoms with Crippen LogP contribution < -0.4 is 0 Å². The molecule has 3 fully saturated rings. The Morgan fingerprint density at radius 3 is 2.79 bits per heavy atom. The minimum absolute atomic E-state index is 0.0770. The molecule has 3 heteroatoms. The van der Waals surface area contributed by atoms with Gasteiger partial charge in [0.1, 0.15) is 0 Å². The molecule has 1 aromatic carbocycles. The number of H-pyrrole nitrogens is 1. The van der Waals surface area contributed by atoms with Gasteiger partial charge in [0.05, 0.1) is 18.2 Å². The van der Waals surface area contributed by atoms with Crippen molar-refractivity contribution in [2.24, 2.45) is 11.3 Å². The predicted octanol–water partition coefficient (Wildman–Crippen LogP) is 5.02. The molecule has 0 aliphatic heterocycles. The fourth-order valence-electron chi connectivity index (χ4n) is 4.50. The van der Waals surface area contributed by atoms with Gasteiger partial charge in [-0.25, -0.2) is 4.98 Å². The van der Waals surface area contributed by atoms with E-state index in [4.69, 9.17) is 0 Å². The molecule has 124 valence electrons. The van der Waals surface area contributed by atoms with Gasteiger partial charge in [-0.3, -0.25) is 4.79 Å². The molecule has 1 heterocycles. The third-order valence-corrected chi connectivity index (χ3v) is 6.02. The van der Waals surface area contributed by atoms with Crippen molar-refractivity contribution in [1.82, 2.24) is 9.97 Å². The number of nitrogens with zero attached hydrogens (tertiary/aromatic N) is 1. The highest BCUT2D eigenvalue weighted by molar-refractivity contribution is 5.98. The highest BCUT2D eigenvalue weighted by Gasteiger charge is 2.42. The van der Waals surface area contributed by atoms with Crippen LogP contribution in [0.5, 0.6) is 0 Å². The van der Waals surface area contributed by atoms with Gasteiger partial charge in [-0.05, 0) is 49.7 Å². The average molecular weight is 320 g/mol. The molecule has 24 heavy (non-hydrogen) atoms. The summed E-state index contributed by atoms with van der Waals surface area (Å²) >= 11 is 0. The number of rotatable bonds is 4. The van der Waals surface area contributed by atoms with E-state index in [-0.39, 0.29) is 5.41 Å². The summed E-state index contributed by atoms with van der Waals surface area (Å²) in [5.74, 6) is 1.21. The number of benzene rings is 1. The Morgan fingerprint density at radius 1 is 1.17 bits per heavy atom. The van der Waals surface area contributed by atoms with E-state index in [9.17, 15) is 4.79 Å². The van der Waals surface area contributed by atoms with Gasteiger partial charge in [0.2, 0.25) is 0 Å². The summed E-state index contributed by atoms with van der Waals surface area (Å²) in [7, 11) is 0. The van der Waals surface area contributed by atoms with Gasteiger partial charge in [0.25, 0.3) is 0 Å². The van der Waals surface area contributed by atoms with E-state index in [1.165, 1.54) is 25.7 Å². The fourth-order valence-corrected chi connectivity index (χ4v) is 4.50. The van der Waals surface area contributed by atoms with Gasteiger partial charge in [-0.1, -0.05) is 43.2 Å². The molecule has 0 unspecified atom stereocenters. The number of hydrogen-bond acceptors (Lipinski definition) is 2. The molecule has 2 aromatic rings. The second-order valence-corrected chi connectivity index (χ2v) is 7.37. The second-order valence-electron chi connectivity index (χ2n) is 7.37. The number of aromatic amines is 1. The van der Waals surface area contributed by atoms with Gasteiger partial charge >= 0.3 is 0 Å². The first-order valence-electron chi connectivity index (χ1n) is 9.07. The van der Waals surface area contributed by atoms with Crippen molar-refractivity contribution in [2.75, 3.05) is 0 Å². The number of carbonyl (C=O) groups is 1. The first-order chi connectivity index (χ1) is 11.8. The molecule has 1 N–H and O–H groups in total. The number of imidazole rings is 1. The number of hydrogen-bond donors (Lipinski definition) is 1. The van der Waals surface area contributed by atoms with Gasteiger partial charge in [0.15, 0.2) is 5.78 Å². The van der Waals surface area contributed by atoms with E-state index in [0.717, 1.165) is 42.0 Å². The summed E-state index contributed by atoms with van der Waals surface area (Å²) in [4.78, 5) is 20.2. The Balaban J connectivity index is 1.58. The highest BCUT2D eigenvalue weighted by atomic mass is 16.1. The first kappa shape index (κ1) is 15.4. The van der Waals surface area contributed by atoms with Gasteiger partial charge in [0, 0.05) is 11.0 Å². The van der Waals surface area contributed by atoms with Crippen LogP contribution in [-0.4, -0.2) is 15.8 Å². The van der Waals surface area contributed by atoms with Gasteiger partial charge < -0.3 is 4.98 Å². The van der Waals surface area contributed by atoms with E-state index in [2.05, 4.69) is 22.1 Å². The molecule has 3 nitrogen and oxygen atoms in total. The van der Waals surface area contributed by atoms with E-state index >= 15 is 0 Å². The molecule has 5 rings (SSSR count). The van der Waals surface area contributed by atoms with Crippen LogP contribution in [0.1, 0.15) is 50.5 Å². The smallest absolute Gasteiger partial charge is 0.161 e. The number of aromatic nitrogens is 2. The third-order valence-electron chi connectivity index (χ3n) is 6.02. The van der Waals surface area contributed by atoms with Crippen LogP contribution in [0, 0.1) is 11.3 Å². The lowest BCUT2D eigenvalue weighted by atomic mass is 9.68. The zero-order valence-electron chi connectivity index (χ0n) is 14.0. The number of fused-ring (bicyclic) bond motifs is 4. The van der Waals surface area contributed by atoms with Crippen LogP contribution in [0.15, 0.2) is 42.9 Å². The monoisotopic (exact) mass is 320 g/mol. The molecule has 3 saturated carbocycles. The zero-order chi connectivity index (χ0) is 16.4. The molecule has 2 bridgehead atoms. The maximum atomic E-state index is 13.0. The molecule has 0 spiro atoms. The van der Waals surface area contributed by atoms with E-state index in [0.29, 0.717) is 5.78 Å². The van der Waals surface area contributed by atoms with Crippen LogP contribution in [0.2, 0.25) is 0 Å². The summed E-state index contributed by atoms with van der Waals surface area (Å²) < 4.78 is 0. The topological polar surface area (TPSA) is 45.8 Å². The Morgan fingerprint density at radius 2 is 2.00 bits per heavy atom. The maximum Gasteiger partial charge on any atom is 0.161 e. The summed E-state index contributed by atoms with van der Waals surface area (Å²) in [5.41, 5.74) is 3.05.